The molecule has 5 heteroatoms. The van der Waals surface area contributed by atoms with Crippen LogP contribution in [0.3, 0.4) is 0 Å². The first-order valence-electron chi connectivity index (χ1n) is 4.71. The first-order valence-corrected chi connectivity index (χ1v) is 5.46. The second-order valence-corrected chi connectivity index (χ2v) is 3.43. The van der Waals surface area contributed by atoms with E-state index in [-0.39, 0.29) is 0 Å². The van der Waals surface area contributed by atoms with Crippen LogP contribution in [0.25, 0.3) is 0 Å². The predicted octanol–water partition coefficient (Wildman–Crippen LogP) is 3.02. The standard InChI is InChI=1S/C7H7Cl2N3.C2H6/c8-5-4-6(9)11-7(10-5)12-2-1-3-12;1-2/h4H,1-3H2;1-2H3. The highest BCUT2D eigenvalue weighted by molar-refractivity contribution is 6.33. The van der Waals surface area contributed by atoms with Gasteiger partial charge in [0.15, 0.2) is 0 Å². The van der Waals surface area contributed by atoms with Crippen LogP contribution in [0.5, 0.6) is 0 Å². The lowest BCUT2D eigenvalue weighted by atomic mass is 10.2. The monoisotopic (exact) mass is 233 g/mol. The third kappa shape index (κ3) is 2.72. The van der Waals surface area contributed by atoms with Crippen molar-refractivity contribution in [3.8, 4) is 0 Å². The van der Waals surface area contributed by atoms with Crippen LogP contribution in [0, 0.1) is 0 Å². The summed E-state index contributed by atoms with van der Waals surface area (Å²) in [6.45, 7) is 5.99. The summed E-state index contributed by atoms with van der Waals surface area (Å²) >= 11 is 11.4. The lowest BCUT2D eigenvalue weighted by Crippen LogP contribution is -2.38. The Labute approximate surface area is 94.1 Å². The van der Waals surface area contributed by atoms with Crippen LogP contribution in [0.4, 0.5) is 5.95 Å². The average Bonchev–Trinajstić information content (AvgIpc) is 2.02. The van der Waals surface area contributed by atoms with Gasteiger partial charge in [0.2, 0.25) is 5.95 Å². The first kappa shape index (κ1) is 11.5. The van der Waals surface area contributed by atoms with E-state index >= 15 is 0 Å². The molecule has 1 aliphatic heterocycles. The van der Waals surface area contributed by atoms with Crippen molar-refractivity contribution in [1.29, 1.82) is 0 Å². The Bertz CT molecular complexity index is 280. The maximum atomic E-state index is 5.71. The number of hydrogen-bond donors (Lipinski definition) is 0. The van der Waals surface area contributed by atoms with Crippen LogP contribution in [-0.2, 0) is 0 Å². The van der Waals surface area contributed by atoms with Crippen molar-refractivity contribution in [2.75, 3.05) is 18.0 Å². The fraction of sp³-hybridized carbons (Fsp3) is 0.556. The van der Waals surface area contributed by atoms with E-state index in [1.807, 2.05) is 18.7 Å². The minimum atomic E-state index is 0.400. The van der Waals surface area contributed by atoms with Gasteiger partial charge < -0.3 is 4.90 Å². The summed E-state index contributed by atoms with van der Waals surface area (Å²) in [5.41, 5.74) is 0. The molecule has 3 nitrogen and oxygen atoms in total. The summed E-state index contributed by atoms with van der Waals surface area (Å²) in [6, 6.07) is 1.53. The smallest absolute Gasteiger partial charge is 0.228 e. The lowest BCUT2D eigenvalue weighted by molar-refractivity contribution is 0.600. The first-order chi connectivity index (χ1) is 6.75. The van der Waals surface area contributed by atoms with Crippen molar-refractivity contribution in [1.82, 2.24) is 9.97 Å². The molecule has 0 N–H and O–H groups in total. The normalized spacial score (nSPS) is 14.1. The number of rotatable bonds is 1. The number of hydrogen-bond acceptors (Lipinski definition) is 3. The Morgan fingerprint density at radius 2 is 1.64 bits per heavy atom. The van der Waals surface area contributed by atoms with E-state index in [0.29, 0.717) is 16.3 Å². The third-order valence-corrected chi connectivity index (χ3v) is 2.18. The van der Waals surface area contributed by atoms with Gasteiger partial charge in [-0.1, -0.05) is 37.0 Å². The van der Waals surface area contributed by atoms with Crippen LogP contribution < -0.4 is 4.90 Å². The summed E-state index contributed by atoms with van der Waals surface area (Å²) in [5, 5.41) is 0.800. The Hall–Kier alpha value is -0.540. The van der Waals surface area contributed by atoms with E-state index in [0.717, 1.165) is 13.1 Å². The summed E-state index contributed by atoms with van der Waals surface area (Å²) < 4.78 is 0. The molecule has 0 radical (unpaired) electrons. The maximum absolute atomic E-state index is 5.71. The predicted molar refractivity (Wildman–Crippen MR) is 60.2 cm³/mol. The van der Waals surface area contributed by atoms with E-state index < -0.39 is 0 Å². The summed E-state index contributed by atoms with van der Waals surface area (Å²) in [4.78, 5) is 10.1. The second-order valence-electron chi connectivity index (χ2n) is 2.65. The minimum Gasteiger partial charge on any atom is -0.341 e. The SMILES string of the molecule is CC.Clc1cc(Cl)nc(N2CCC2)n1. The molecule has 0 saturated carbocycles. The van der Waals surface area contributed by atoms with Gasteiger partial charge in [0, 0.05) is 19.2 Å². The second kappa shape index (κ2) is 5.37. The molecule has 1 aliphatic rings. The molecule has 78 valence electrons. The highest BCUT2D eigenvalue weighted by atomic mass is 35.5. The molecule has 2 heterocycles. The van der Waals surface area contributed by atoms with Crippen LogP contribution in [0.15, 0.2) is 6.07 Å². The molecule has 1 aromatic heterocycles. The molecular weight excluding hydrogens is 221 g/mol. The molecule has 0 unspecified atom stereocenters. The quantitative estimate of drug-likeness (QED) is 0.699. The van der Waals surface area contributed by atoms with Crippen molar-refractivity contribution in [2.45, 2.75) is 20.3 Å². The van der Waals surface area contributed by atoms with Gasteiger partial charge in [0.25, 0.3) is 0 Å². The van der Waals surface area contributed by atoms with Gasteiger partial charge >= 0.3 is 0 Å². The molecule has 1 saturated heterocycles. The van der Waals surface area contributed by atoms with Gasteiger partial charge in [-0.2, -0.15) is 0 Å². The molecule has 1 fully saturated rings. The molecule has 1 aromatic rings. The Balaban J connectivity index is 0.000000461. The van der Waals surface area contributed by atoms with Crippen molar-refractivity contribution in [2.24, 2.45) is 0 Å². The van der Waals surface area contributed by atoms with E-state index in [4.69, 9.17) is 23.2 Å². The van der Waals surface area contributed by atoms with E-state index in [2.05, 4.69) is 9.97 Å². The third-order valence-electron chi connectivity index (χ3n) is 1.79. The van der Waals surface area contributed by atoms with Crippen molar-refractivity contribution >= 4 is 29.2 Å². The van der Waals surface area contributed by atoms with E-state index in [9.17, 15) is 0 Å². The zero-order valence-corrected chi connectivity index (χ0v) is 9.81. The lowest BCUT2D eigenvalue weighted by Gasteiger charge is -2.30. The molecule has 14 heavy (non-hydrogen) atoms. The van der Waals surface area contributed by atoms with Crippen LogP contribution in [-0.4, -0.2) is 23.1 Å². The molecular formula is C9H13Cl2N3. The van der Waals surface area contributed by atoms with E-state index in [1.54, 1.807) is 0 Å². The van der Waals surface area contributed by atoms with Crippen LogP contribution in [0.2, 0.25) is 10.3 Å². The number of aromatic nitrogens is 2. The Morgan fingerprint density at radius 3 is 2.00 bits per heavy atom. The summed E-state index contributed by atoms with van der Waals surface area (Å²) in [5.74, 6) is 0.638. The topological polar surface area (TPSA) is 29.0 Å². The Kier molecular flexibility index (Phi) is 4.42. The minimum absolute atomic E-state index is 0.400. The van der Waals surface area contributed by atoms with Gasteiger partial charge in [-0.25, -0.2) is 9.97 Å². The summed E-state index contributed by atoms with van der Waals surface area (Å²) in [7, 11) is 0. The number of nitrogens with zero attached hydrogens (tertiary/aromatic N) is 3. The van der Waals surface area contributed by atoms with Gasteiger partial charge in [0.1, 0.15) is 10.3 Å². The summed E-state index contributed by atoms with van der Waals surface area (Å²) in [6.07, 6.45) is 1.19. The maximum Gasteiger partial charge on any atom is 0.228 e. The van der Waals surface area contributed by atoms with Crippen molar-refractivity contribution in [3.05, 3.63) is 16.4 Å². The van der Waals surface area contributed by atoms with Crippen LogP contribution >= 0.6 is 23.2 Å². The average molecular weight is 234 g/mol. The fourth-order valence-electron chi connectivity index (χ4n) is 1.04. The molecule has 0 aromatic carbocycles. The van der Waals surface area contributed by atoms with Crippen molar-refractivity contribution in [3.63, 3.8) is 0 Å². The van der Waals surface area contributed by atoms with E-state index in [1.165, 1.54) is 12.5 Å². The number of halogens is 2. The molecule has 2 rings (SSSR count). The molecule has 0 bridgehead atoms. The molecule has 0 spiro atoms. The zero-order valence-electron chi connectivity index (χ0n) is 8.30. The van der Waals surface area contributed by atoms with Gasteiger partial charge in [-0.05, 0) is 6.42 Å². The number of anilines is 1. The highest BCUT2D eigenvalue weighted by Gasteiger charge is 2.17. The fourth-order valence-corrected chi connectivity index (χ4v) is 1.45. The molecule has 0 aliphatic carbocycles. The van der Waals surface area contributed by atoms with Gasteiger partial charge in [-0.3, -0.25) is 0 Å². The van der Waals surface area contributed by atoms with Crippen LogP contribution in [0.1, 0.15) is 20.3 Å². The van der Waals surface area contributed by atoms with Gasteiger partial charge in [0.05, 0.1) is 0 Å². The molecule has 0 amide bonds. The van der Waals surface area contributed by atoms with Crippen molar-refractivity contribution < 1.29 is 0 Å². The van der Waals surface area contributed by atoms with Gasteiger partial charge in [-0.15, -0.1) is 0 Å². The Morgan fingerprint density at radius 1 is 1.14 bits per heavy atom. The largest absolute Gasteiger partial charge is 0.341 e. The highest BCUT2D eigenvalue weighted by Crippen LogP contribution is 2.20. The molecule has 0 atom stereocenters. The zero-order chi connectivity index (χ0) is 10.6.